The van der Waals surface area contributed by atoms with E-state index in [2.05, 4.69) is 5.32 Å². The Morgan fingerprint density at radius 3 is 2.72 bits per heavy atom. The molecule has 0 spiro atoms. The van der Waals surface area contributed by atoms with Gasteiger partial charge in [-0.05, 0) is 24.6 Å². The summed E-state index contributed by atoms with van der Waals surface area (Å²) >= 11 is 0. The van der Waals surface area contributed by atoms with Gasteiger partial charge in [0.25, 0.3) is 0 Å². The zero-order chi connectivity index (χ0) is 13.3. The molecule has 1 aliphatic rings. The van der Waals surface area contributed by atoms with Crippen LogP contribution in [0.4, 0.5) is 11.4 Å². The van der Waals surface area contributed by atoms with Gasteiger partial charge in [-0.25, -0.2) is 13.2 Å². The lowest BCUT2D eigenvalue weighted by Crippen LogP contribution is -2.20. The summed E-state index contributed by atoms with van der Waals surface area (Å²) in [7, 11) is -2.95. The molecular formula is C11H14N2O4S. The molecule has 18 heavy (non-hydrogen) atoms. The molecular weight excluding hydrogens is 256 g/mol. The lowest BCUT2D eigenvalue weighted by Gasteiger charge is -2.13. The molecule has 1 aliphatic heterocycles. The Hall–Kier alpha value is -1.76. The Bertz CT molecular complexity index is 583. The van der Waals surface area contributed by atoms with E-state index < -0.39 is 15.8 Å². The fourth-order valence-electron chi connectivity index (χ4n) is 1.98. The number of nitrogens with one attached hydrogen (secondary N) is 1. The SMILES string of the molecule is Nc1ccc(NC2CCS(=O)(=O)C2)cc1C(=O)O. The molecule has 1 fully saturated rings. The Kier molecular flexibility index (Phi) is 3.16. The third kappa shape index (κ3) is 2.73. The zero-order valence-corrected chi connectivity index (χ0v) is 10.4. The van der Waals surface area contributed by atoms with Gasteiger partial charge in [0.05, 0.1) is 17.1 Å². The summed E-state index contributed by atoms with van der Waals surface area (Å²) in [5, 5.41) is 12.0. The molecule has 0 radical (unpaired) electrons. The second-order valence-corrected chi connectivity index (χ2v) is 6.58. The fraction of sp³-hybridized carbons (Fsp3) is 0.364. The van der Waals surface area contributed by atoms with E-state index in [-0.39, 0.29) is 28.8 Å². The number of carboxylic acid groups (broad SMARTS) is 1. The largest absolute Gasteiger partial charge is 0.478 e. The van der Waals surface area contributed by atoms with E-state index >= 15 is 0 Å². The van der Waals surface area contributed by atoms with Crippen LogP contribution in [0.15, 0.2) is 18.2 Å². The molecule has 1 atom stereocenters. The number of carbonyl (C=O) groups is 1. The van der Waals surface area contributed by atoms with Crippen LogP contribution in [0.25, 0.3) is 0 Å². The maximum absolute atomic E-state index is 11.3. The van der Waals surface area contributed by atoms with E-state index in [1.54, 1.807) is 6.07 Å². The number of anilines is 2. The molecule has 6 nitrogen and oxygen atoms in total. The smallest absolute Gasteiger partial charge is 0.337 e. The number of sulfone groups is 1. The van der Waals surface area contributed by atoms with E-state index in [0.717, 1.165) is 0 Å². The summed E-state index contributed by atoms with van der Waals surface area (Å²) in [4.78, 5) is 10.9. The van der Waals surface area contributed by atoms with Gasteiger partial charge in [-0.15, -0.1) is 0 Å². The van der Waals surface area contributed by atoms with Crippen molar-refractivity contribution in [1.29, 1.82) is 0 Å². The molecule has 0 saturated carbocycles. The predicted molar refractivity (Wildman–Crippen MR) is 68.5 cm³/mol. The summed E-state index contributed by atoms with van der Waals surface area (Å²) in [5.41, 5.74) is 6.31. The van der Waals surface area contributed by atoms with E-state index in [9.17, 15) is 13.2 Å². The minimum absolute atomic E-state index is 0.0147. The topological polar surface area (TPSA) is 109 Å². The third-order valence-electron chi connectivity index (χ3n) is 2.89. The van der Waals surface area contributed by atoms with Crippen molar-refractivity contribution in [2.24, 2.45) is 0 Å². The molecule has 98 valence electrons. The Morgan fingerprint density at radius 1 is 1.44 bits per heavy atom. The highest BCUT2D eigenvalue weighted by Gasteiger charge is 2.27. The summed E-state index contributed by atoms with van der Waals surface area (Å²) in [6.45, 7) is 0. The maximum Gasteiger partial charge on any atom is 0.337 e. The first kappa shape index (κ1) is 12.7. The fourth-order valence-corrected chi connectivity index (χ4v) is 3.65. The first-order valence-electron chi connectivity index (χ1n) is 5.47. The van der Waals surface area contributed by atoms with Crippen molar-refractivity contribution in [3.63, 3.8) is 0 Å². The summed E-state index contributed by atoms with van der Waals surface area (Å²) in [6.07, 6.45) is 0.537. The van der Waals surface area contributed by atoms with Gasteiger partial charge in [0, 0.05) is 17.4 Å². The molecule has 1 unspecified atom stereocenters. The number of rotatable bonds is 3. The van der Waals surface area contributed by atoms with Gasteiger partial charge < -0.3 is 16.2 Å². The van der Waals surface area contributed by atoms with Gasteiger partial charge in [0.1, 0.15) is 0 Å². The van der Waals surface area contributed by atoms with Gasteiger partial charge >= 0.3 is 5.97 Å². The van der Waals surface area contributed by atoms with Crippen LogP contribution in [0.5, 0.6) is 0 Å². The average Bonchev–Trinajstić information content (AvgIpc) is 2.60. The highest BCUT2D eigenvalue weighted by Crippen LogP contribution is 2.21. The molecule has 1 aromatic carbocycles. The summed E-state index contributed by atoms with van der Waals surface area (Å²) in [6, 6.07) is 4.39. The van der Waals surface area contributed by atoms with Crippen molar-refractivity contribution in [3.8, 4) is 0 Å². The van der Waals surface area contributed by atoms with Gasteiger partial charge in [0.15, 0.2) is 9.84 Å². The van der Waals surface area contributed by atoms with Crippen molar-refractivity contribution in [2.45, 2.75) is 12.5 Å². The van der Waals surface area contributed by atoms with Gasteiger partial charge in [-0.3, -0.25) is 0 Å². The number of hydrogen-bond acceptors (Lipinski definition) is 5. The quantitative estimate of drug-likeness (QED) is 0.692. The minimum atomic E-state index is -2.95. The van der Waals surface area contributed by atoms with Gasteiger partial charge in [-0.1, -0.05) is 0 Å². The molecule has 0 aliphatic carbocycles. The number of aromatic carboxylic acids is 1. The van der Waals surface area contributed by atoms with Crippen LogP contribution in [-0.2, 0) is 9.84 Å². The molecule has 0 amide bonds. The molecule has 4 N–H and O–H groups in total. The number of nitrogen functional groups attached to an aromatic ring is 1. The number of hydrogen-bond donors (Lipinski definition) is 3. The van der Waals surface area contributed by atoms with E-state index in [1.165, 1.54) is 12.1 Å². The highest BCUT2D eigenvalue weighted by molar-refractivity contribution is 7.91. The van der Waals surface area contributed by atoms with Crippen LogP contribution in [-0.4, -0.2) is 37.0 Å². The Morgan fingerprint density at radius 2 is 2.17 bits per heavy atom. The molecule has 1 saturated heterocycles. The van der Waals surface area contributed by atoms with Gasteiger partial charge in [-0.2, -0.15) is 0 Å². The first-order valence-corrected chi connectivity index (χ1v) is 7.29. The second kappa shape index (κ2) is 4.49. The summed E-state index contributed by atoms with van der Waals surface area (Å²) in [5.74, 6) is -0.847. The standard InChI is InChI=1S/C11H14N2O4S/c12-10-2-1-7(5-9(10)11(14)15)13-8-3-4-18(16,17)6-8/h1-2,5,8,13H,3-4,6,12H2,(H,14,15). The lowest BCUT2D eigenvalue weighted by atomic mass is 10.1. The molecule has 0 aromatic heterocycles. The van der Waals surface area contributed by atoms with Crippen LogP contribution < -0.4 is 11.1 Å². The van der Waals surface area contributed by atoms with E-state index in [1.807, 2.05) is 0 Å². The Balaban J connectivity index is 2.16. The number of nitrogens with two attached hydrogens (primary N) is 1. The van der Waals surface area contributed by atoms with Crippen LogP contribution in [0.2, 0.25) is 0 Å². The van der Waals surface area contributed by atoms with Crippen molar-refractivity contribution in [3.05, 3.63) is 23.8 Å². The molecule has 7 heteroatoms. The Labute approximate surface area is 105 Å². The first-order chi connectivity index (χ1) is 8.37. The zero-order valence-electron chi connectivity index (χ0n) is 9.59. The van der Waals surface area contributed by atoms with Crippen LogP contribution in [0.3, 0.4) is 0 Å². The normalized spacial score (nSPS) is 21.7. The summed E-state index contributed by atoms with van der Waals surface area (Å²) < 4.78 is 22.6. The van der Waals surface area contributed by atoms with Crippen molar-refractivity contribution >= 4 is 27.2 Å². The molecule has 2 rings (SSSR count). The van der Waals surface area contributed by atoms with Gasteiger partial charge in [0.2, 0.25) is 0 Å². The van der Waals surface area contributed by atoms with Crippen molar-refractivity contribution in [1.82, 2.24) is 0 Å². The van der Waals surface area contributed by atoms with Crippen molar-refractivity contribution in [2.75, 3.05) is 22.6 Å². The molecule has 0 bridgehead atoms. The lowest BCUT2D eigenvalue weighted by molar-refractivity contribution is 0.0698. The van der Waals surface area contributed by atoms with Crippen molar-refractivity contribution < 1.29 is 18.3 Å². The highest BCUT2D eigenvalue weighted by atomic mass is 32.2. The minimum Gasteiger partial charge on any atom is -0.478 e. The van der Waals surface area contributed by atoms with Crippen LogP contribution in [0.1, 0.15) is 16.8 Å². The van der Waals surface area contributed by atoms with Crippen LogP contribution >= 0.6 is 0 Å². The number of benzene rings is 1. The van der Waals surface area contributed by atoms with E-state index in [4.69, 9.17) is 10.8 Å². The molecule has 1 heterocycles. The predicted octanol–water partition coefficient (Wildman–Crippen LogP) is 0.566. The third-order valence-corrected chi connectivity index (χ3v) is 4.65. The monoisotopic (exact) mass is 270 g/mol. The second-order valence-electron chi connectivity index (χ2n) is 4.35. The van der Waals surface area contributed by atoms with Crippen LogP contribution in [0, 0.1) is 0 Å². The number of carboxylic acids is 1. The van der Waals surface area contributed by atoms with E-state index in [0.29, 0.717) is 12.1 Å². The average molecular weight is 270 g/mol. The maximum atomic E-state index is 11.3. The molecule has 1 aromatic rings.